The molecule has 5 nitrogen and oxygen atoms in total. The molecule has 102 valence electrons. The molecule has 0 fully saturated rings. The fraction of sp³-hybridized carbons (Fsp3) is 0.133. The lowest BCUT2D eigenvalue weighted by Crippen LogP contribution is -2.06. The molecule has 0 saturated carbocycles. The molecule has 0 spiro atoms. The van der Waals surface area contributed by atoms with E-state index in [1.807, 2.05) is 25.1 Å². The fourth-order valence-electron chi connectivity index (χ4n) is 2.23. The Morgan fingerprint density at radius 3 is 2.60 bits per heavy atom. The third-order valence-electron chi connectivity index (χ3n) is 3.25. The number of H-pyrrole nitrogens is 1. The molecule has 2 aromatic carbocycles. The van der Waals surface area contributed by atoms with Gasteiger partial charge in [-0.25, -0.2) is 0 Å². The van der Waals surface area contributed by atoms with Crippen LogP contribution in [0.25, 0.3) is 10.9 Å². The fourth-order valence-corrected chi connectivity index (χ4v) is 2.23. The zero-order valence-electron chi connectivity index (χ0n) is 11.0. The molecule has 1 unspecified atom stereocenters. The van der Waals surface area contributed by atoms with E-state index in [4.69, 9.17) is 0 Å². The van der Waals surface area contributed by atoms with Crippen molar-refractivity contribution in [1.29, 1.82) is 0 Å². The largest absolute Gasteiger partial charge is 0.508 e. The molecule has 3 aromatic rings. The molecule has 5 heteroatoms. The molecule has 1 heterocycles. The Morgan fingerprint density at radius 1 is 1.10 bits per heavy atom. The molecule has 20 heavy (non-hydrogen) atoms. The van der Waals surface area contributed by atoms with E-state index < -0.39 is 0 Å². The lowest BCUT2D eigenvalue weighted by atomic mass is 10.1. The summed E-state index contributed by atoms with van der Waals surface area (Å²) in [6.45, 7) is 1.96. The second kappa shape index (κ2) is 4.77. The first-order chi connectivity index (χ1) is 9.61. The van der Waals surface area contributed by atoms with Gasteiger partial charge in [-0.3, -0.25) is 5.10 Å². The summed E-state index contributed by atoms with van der Waals surface area (Å²) in [5.41, 5.74) is 2.71. The first-order valence-electron chi connectivity index (χ1n) is 6.34. The Morgan fingerprint density at radius 2 is 1.85 bits per heavy atom. The number of nitrogens with one attached hydrogen (secondary N) is 2. The van der Waals surface area contributed by atoms with E-state index in [0.29, 0.717) is 0 Å². The third kappa shape index (κ3) is 2.38. The van der Waals surface area contributed by atoms with Gasteiger partial charge in [0.2, 0.25) is 0 Å². The van der Waals surface area contributed by atoms with Crippen LogP contribution < -0.4 is 5.32 Å². The lowest BCUT2D eigenvalue weighted by Gasteiger charge is -2.16. The molecule has 0 amide bonds. The minimum Gasteiger partial charge on any atom is -0.508 e. The van der Waals surface area contributed by atoms with Crippen LogP contribution in [0.1, 0.15) is 18.5 Å². The van der Waals surface area contributed by atoms with Crippen molar-refractivity contribution in [2.75, 3.05) is 5.32 Å². The summed E-state index contributed by atoms with van der Waals surface area (Å²) in [7, 11) is 0. The Balaban J connectivity index is 1.85. The summed E-state index contributed by atoms with van der Waals surface area (Å²) >= 11 is 0. The summed E-state index contributed by atoms with van der Waals surface area (Å²) in [6.07, 6.45) is 1.77. The number of phenols is 2. The third-order valence-corrected chi connectivity index (χ3v) is 3.25. The van der Waals surface area contributed by atoms with Crippen LogP contribution in [-0.4, -0.2) is 20.4 Å². The van der Waals surface area contributed by atoms with Crippen molar-refractivity contribution >= 4 is 16.6 Å². The molecule has 0 aliphatic carbocycles. The van der Waals surface area contributed by atoms with Gasteiger partial charge in [-0.15, -0.1) is 0 Å². The predicted octanol–water partition coefficient (Wildman–Crippen LogP) is 3.15. The number of hydrogen-bond acceptors (Lipinski definition) is 4. The molecular formula is C15H15N3O2. The Kier molecular flexibility index (Phi) is 2.95. The topological polar surface area (TPSA) is 81.2 Å². The van der Waals surface area contributed by atoms with Crippen molar-refractivity contribution in [1.82, 2.24) is 10.2 Å². The van der Waals surface area contributed by atoms with Gasteiger partial charge in [0.05, 0.1) is 11.7 Å². The highest BCUT2D eigenvalue weighted by atomic mass is 16.3. The van der Waals surface area contributed by atoms with Gasteiger partial charge in [-0.1, -0.05) is 0 Å². The molecule has 1 atom stereocenters. The van der Waals surface area contributed by atoms with E-state index >= 15 is 0 Å². The average molecular weight is 269 g/mol. The SMILES string of the molecule is CC(Nc1ccc2cn[nH]c2c1)c1cc(O)cc(O)c1. The van der Waals surface area contributed by atoms with E-state index in [0.717, 1.165) is 22.2 Å². The highest BCUT2D eigenvalue weighted by Gasteiger charge is 2.08. The van der Waals surface area contributed by atoms with Gasteiger partial charge >= 0.3 is 0 Å². The van der Waals surface area contributed by atoms with Gasteiger partial charge in [-0.05, 0) is 42.8 Å². The number of rotatable bonds is 3. The molecular weight excluding hydrogens is 254 g/mol. The summed E-state index contributed by atoms with van der Waals surface area (Å²) in [6, 6.07) is 10.4. The normalized spacial score (nSPS) is 12.4. The van der Waals surface area contributed by atoms with Gasteiger partial charge in [0.1, 0.15) is 11.5 Å². The molecule has 4 N–H and O–H groups in total. The molecule has 0 bridgehead atoms. The first kappa shape index (κ1) is 12.3. The quantitative estimate of drug-likeness (QED) is 0.589. The number of nitrogens with zero attached hydrogens (tertiary/aromatic N) is 1. The maximum Gasteiger partial charge on any atom is 0.119 e. The highest BCUT2D eigenvalue weighted by Crippen LogP contribution is 2.27. The first-order valence-corrected chi connectivity index (χ1v) is 6.34. The van der Waals surface area contributed by atoms with Gasteiger partial charge in [0.15, 0.2) is 0 Å². The second-order valence-electron chi connectivity index (χ2n) is 4.82. The van der Waals surface area contributed by atoms with E-state index in [2.05, 4.69) is 15.5 Å². The van der Waals surface area contributed by atoms with E-state index in [1.165, 1.54) is 6.07 Å². The van der Waals surface area contributed by atoms with Gasteiger partial charge < -0.3 is 15.5 Å². The maximum absolute atomic E-state index is 9.52. The molecule has 0 radical (unpaired) electrons. The standard InChI is InChI=1S/C15H15N3O2/c1-9(11-4-13(19)7-14(20)5-11)17-12-3-2-10-8-16-18-15(10)6-12/h2-9,17,19-20H,1H3,(H,16,18). The number of aromatic hydroxyl groups is 2. The van der Waals surface area contributed by atoms with E-state index in [1.54, 1.807) is 18.3 Å². The van der Waals surface area contributed by atoms with Crippen molar-refractivity contribution in [3.63, 3.8) is 0 Å². The molecule has 0 aliphatic rings. The van der Waals surface area contributed by atoms with Crippen LogP contribution in [0.15, 0.2) is 42.6 Å². The maximum atomic E-state index is 9.52. The van der Waals surface area contributed by atoms with Crippen LogP contribution in [-0.2, 0) is 0 Å². The van der Waals surface area contributed by atoms with Crippen LogP contribution in [0.2, 0.25) is 0 Å². The molecule has 3 rings (SSSR count). The minimum atomic E-state index is -0.0478. The van der Waals surface area contributed by atoms with Crippen molar-refractivity contribution in [3.05, 3.63) is 48.2 Å². The Hall–Kier alpha value is -2.69. The van der Waals surface area contributed by atoms with Crippen LogP contribution in [0.4, 0.5) is 5.69 Å². The van der Waals surface area contributed by atoms with Crippen molar-refractivity contribution in [3.8, 4) is 11.5 Å². The second-order valence-corrected chi connectivity index (χ2v) is 4.82. The van der Waals surface area contributed by atoms with E-state index in [9.17, 15) is 10.2 Å². The number of anilines is 1. The van der Waals surface area contributed by atoms with Crippen molar-refractivity contribution in [2.24, 2.45) is 0 Å². The lowest BCUT2D eigenvalue weighted by molar-refractivity contribution is 0.448. The van der Waals surface area contributed by atoms with Gasteiger partial charge in [0, 0.05) is 23.2 Å². The summed E-state index contributed by atoms with van der Waals surface area (Å²) < 4.78 is 0. The number of benzene rings is 2. The zero-order valence-corrected chi connectivity index (χ0v) is 11.0. The van der Waals surface area contributed by atoms with Crippen LogP contribution in [0.5, 0.6) is 11.5 Å². The average Bonchev–Trinajstić information content (AvgIpc) is 2.85. The number of hydrogen-bond donors (Lipinski definition) is 4. The summed E-state index contributed by atoms with van der Waals surface area (Å²) in [4.78, 5) is 0. The summed E-state index contributed by atoms with van der Waals surface area (Å²) in [5.74, 6) is 0.107. The van der Waals surface area contributed by atoms with Crippen molar-refractivity contribution in [2.45, 2.75) is 13.0 Å². The van der Waals surface area contributed by atoms with Gasteiger partial charge in [-0.2, -0.15) is 5.10 Å². The molecule has 0 aliphatic heterocycles. The minimum absolute atomic E-state index is 0.0478. The highest BCUT2D eigenvalue weighted by molar-refractivity contribution is 5.81. The van der Waals surface area contributed by atoms with Crippen LogP contribution in [0.3, 0.4) is 0 Å². The molecule has 0 saturated heterocycles. The van der Waals surface area contributed by atoms with Crippen LogP contribution in [0, 0.1) is 0 Å². The monoisotopic (exact) mass is 269 g/mol. The van der Waals surface area contributed by atoms with Gasteiger partial charge in [0.25, 0.3) is 0 Å². The number of aromatic nitrogens is 2. The molecule has 1 aromatic heterocycles. The Labute approximate surface area is 115 Å². The Bertz CT molecular complexity index is 731. The number of phenolic OH excluding ortho intramolecular Hbond substituents is 2. The number of aromatic amines is 1. The predicted molar refractivity (Wildman–Crippen MR) is 77.9 cm³/mol. The van der Waals surface area contributed by atoms with Crippen LogP contribution >= 0.6 is 0 Å². The number of fused-ring (bicyclic) bond motifs is 1. The zero-order chi connectivity index (χ0) is 14.1. The summed E-state index contributed by atoms with van der Waals surface area (Å²) in [5, 5.41) is 30.3. The van der Waals surface area contributed by atoms with E-state index in [-0.39, 0.29) is 17.5 Å². The van der Waals surface area contributed by atoms with Crippen molar-refractivity contribution < 1.29 is 10.2 Å². The smallest absolute Gasteiger partial charge is 0.119 e.